The molecule has 126 valence electrons. The highest BCUT2D eigenvalue weighted by Crippen LogP contribution is 2.32. The lowest BCUT2D eigenvalue weighted by atomic mass is 10.1. The van der Waals surface area contributed by atoms with E-state index in [1.165, 1.54) is 5.56 Å². The van der Waals surface area contributed by atoms with E-state index in [0.717, 1.165) is 36.3 Å². The Kier molecular flexibility index (Phi) is 4.84. The first-order chi connectivity index (χ1) is 11.6. The van der Waals surface area contributed by atoms with Crippen LogP contribution in [0.25, 0.3) is 0 Å². The minimum absolute atomic E-state index is 0.0511. The standard InChI is InChI=1S/C20H24N2O2/c1-14-6-4-8-19(15(14)2)24-16(3)20(23)22-13-5-7-18(22)17-9-11-21-12-10-17/h4,6,8-12,16,18H,5,7,13H2,1-3H3/t16-,18+/m1/s1. The maximum absolute atomic E-state index is 12.9. The molecule has 1 fully saturated rings. The van der Waals surface area contributed by atoms with Crippen LogP contribution in [0.4, 0.5) is 0 Å². The Hall–Kier alpha value is -2.36. The second-order valence-electron chi connectivity index (χ2n) is 6.43. The van der Waals surface area contributed by atoms with Crippen LogP contribution in [0, 0.1) is 13.8 Å². The molecule has 1 aliphatic rings. The average molecular weight is 324 g/mol. The molecule has 1 aliphatic heterocycles. The Morgan fingerprint density at radius 3 is 2.75 bits per heavy atom. The van der Waals surface area contributed by atoms with Crippen LogP contribution < -0.4 is 4.74 Å². The first kappa shape index (κ1) is 16.5. The molecule has 1 amide bonds. The molecule has 0 radical (unpaired) electrons. The fraction of sp³-hybridized carbons (Fsp3) is 0.400. The molecule has 1 saturated heterocycles. The summed E-state index contributed by atoms with van der Waals surface area (Å²) in [6.45, 7) is 6.70. The molecule has 0 bridgehead atoms. The zero-order chi connectivity index (χ0) is 17.1. The second kappa shape index (κ2) is 7.04. The number of hydrogen-bond donors (Lipinski definition) is 0. The summed E-state index contributed by atoms with van der Waals surface area (Å²) >= 11 is 0. The number of ether oxygens (including phenoxy) is 1. The molecule has 2 atom stereocenters. The number of hydrogen-bond acceptors (Lipinski definition) is 3. The van der Waals surface area contributed by atoms with E-state index in [4.69, 9.17) is 4.74 Å². The van der Waals surface area contributed by atoms with Gasteiger partial charge in [0.1, 0.15) is 5.75 Å². The number of likely N-dealkylation sites (tertiary alicyclic amines) is 1. The molecule has 0 aliphatic carbocycles. The summed E-state index contributed by atoms with van der Waals surface area (Å²) in [4.78, 5) is 18.9. The molecule has 24 heavy (non-hydrogen) atoms. The number of benzene rings is 1. The van der Waals surface area contributed by atoms with E-state index in [2.05, 4.69) is 18.0 Å². The number of aryl methyl sites for hydroxylation is 1. The lowest BCUT2D eigenvalue weighted by Crippen LogP contribution is -2.40. The van der Waals surface area contributed by atoms with Gasteiger partial charge < -0.3 is 9.64 Å². The number of rotatable bonds is 4. The third-order valence-electron chi connectivity index (χ3n) is 4.83. The Balaban J connectivity index is 1.74. The van der Waals surface area contributed by atoms with Crippen molar-refractivity contribution in [2.45, 2.75) is 45.8 Å². The Morgan fingerprint density at radius 1 is 1.25 bits per heavy atom. The van der Waals surface area contributed by atoms with Crippen molar-refractivity contribution in [2.75, 3.05) is 6.54 Å². The third-order valence-corrected chi connectivity index (χ3v) is 4.83. The molecule has 1 aromatic heterocycles. The molecule has 2 aromatic rings. The largest absolute Gasteiger partial charge is 0.481 e. The monoisotopic (exact) mass is 324 g/mol. The van der Waals surface area contributed by atoms with Gasteiger partial charge in [-0.2, -0.15) is 0 Å². The zero-order valence-corrected chi connectivity index (χ0v) is 14.5. The SMILES string of the molecule is Cc1cccc(O[C@H](C)C(=O)N2CCC[C@H]2c2ccncc2)c1C. The Bertz CT molecular complexity index is 715. The van der Waals surface area contributed by atoms with Crippen LogP contribution >= 0.6 is 0 Å². The summed E-state index contributed by atoms with van der Waals surface area (Å²) in [5.41, 5.74) is 3.40. The highest BCUT2D eigenvalue weighted by molar-refractivity contribution is 5.81. The predicted octanol–water partition coefficient (Wildman–Crippen LogP) is 3.83. The summed E-state index contributed by atoms with van der Waals surface area (Å²) < 4.78 is 5.98. The van der Waals surface area contributed by atoms with Crippen molar-refractivity contribution >= 4 is 5.91 Å². The van der Waals surface area contributed by atoms with Gasteiger partial charge in [-0.15, -0.1) is 0 Å². The molecular formula is C20H24N2O2. The van der Waals surface area contributed by atoms with Gasteiger partial charge in [0.15, 0.2) is 6.10 Å². The smallest absolute Gasteiger partial charge is 0.263 e. The fourth-order valence-electron chi connectivity index (χ4n) is 3.29. The lowest BCUT2D eigenvalue weighted by molar-refractivity contribution is -0.138. The van der Waals surface area contributed by atoms with Crippen LogP contribution in [-0.4, -0.2) is 28.4 Å². The average Bonchev–Trinajstić information content (AvgIpc) is 3.08. The molecule has 3 rings (SSSR count). The van der Waals surface area contributed by atoms with E-state index >= 15 is 0 Å². The third kappa shape index (κ3) is 3.28. The lowest BCUT2D eigenvalue weighted by Gasteiger charge is -2.28. The molecule has 0 saturated carbocycles. The minimum atomic E-state index is -0.493. The van der Waals surface area contributed by atoms with E-state index in [9.17, 15) is 4.79 Å². The second-order valence-corrected chi connectivity index (χ2v) is 6.43. The fourth-order valence-corrected chi connectivity index (χ4v) is 3.29. The molecule has 2 heterocycles. The normalized spacial score (nSPS) is 18.5. The number of pyridine rings is 1. The summed E-state index contributed by atoms with van der Waals surface area (Å²) in [6.07, 6.45) is 5.09. The van der Waals surface area contributed by atoms with Gasteiger partial charge in [-0.3, -0.25) is 9.78 Å². The first-order valence-electron chi connectivity index (χ1n) is 8.51. The maximum Gasteiger partial charge on any atom is 0.263 e. The van der Waals surface area contributed by atoms with Gasteiger partial charge in [0.25, 0.3) is 5.91 Å². The van der Waals surface area contributed by atoms with Crippen LogP contribution in [0.15, 0.2) is 42.7 Å². The maximum atomic E-state index is 12.9. The van der Waals surface area contributed by atoms with Gasteiger partial charge in [0, 0.05) is 18.9 Å². The van der Waals surface area contributed by atoms with Crippen LogP contribution in [-0.2, 0) is 4.79 Å². The van der Waals surface area contributed by atoms with Gasteiger partial charge in [0.05, 0.1) is 6.04 Å². The van der Waals surface area contributed by atoms with Gasteiger partial charge in [0.2, 0.25) is 0 Å². The molecule has 0 unspecified atom stereocenters. The number of amides is 1. The Morgan fingerprint density at radius 2 is 2.00 bits per heavy atom. The van der Waals surface area contributed by atoms with Gasteiger partial charge in [-0.25, -0.2) is 0 Å². The van der Waals surface area contributed by atoms with Crippen molar-refractivity contribution in [3.05, 3.63) is 59.4 Å². The number of aromatic nitrogens is 1. The first-order valence-corrected chi connectivity index (χ1v) is 8.51. The van der Waals surface area contributed by atoms with Crippen molar-refractivity contribution in [1.82, 2.24) is 9.88 Å². The van der Waals surface area contributed by atoms with E-state index < -0.39 is 6.10 Å². The van der Waals surface area contributed by atoms with Gasteiger partial charge >= 0.3 is 0 Å². The topological polar surface area (TPSA) is 42.4 Å². The van der Waals surface area contributed by atoms with E-state index in [1.807, 2.05) is 43.0 Å². The number of carbonyl (C=O) groups excluding carboxylic acids is 1. The van der Waals surface area contributed by atoms with Crippen LogP contribution in [0.1, 0.15) is 42.5 Å². The van der Waals surface area contributed by atoms with Crippen molar-refractivity contribution in [3.63, 3.8) is 0 Å². The van der Waals surface area contributed by atoms with Crippen molar-refractivity contribution in [2.24, 2.45) is 0 Å². The van der Waals surface area contributed by atoms with E-state index in [0.29, 0.717) is 0 Å². The molecule has 0 spiro atoms. The van der Waals surface area contributed by atoms with Crippen molar-refractivity contribution in [1.29, 1.82) is 0 Å². The number of nitrogens with zero attached hydrogens (tertiary/aromatic N) is 2. The predicted molar refractivity (Wildman–Crippen MR) is 93.9 cm³/mol. The zero-order valence-electron chi connectivity index (χ0n) is 14.5. The molecule has 0 N–H and O–H groups in total. The summed E-state index contributed by atoms with van der Waals surface area (Å²) in [7, 11) is 0. The summed E-state index contributed by atoms with van der Waals surface area (Å²) in [5.74, 6) is 0.839. The molecule has 4 heteroatoms. The van der Waals surface area contributed by atoms with Crippen LogP contribution in [0.3, 0.4) is 0 Å². The molecular weight excluding hydrogens is 300 g/mol. The van der Waals surface area contributed by atoms with Crippen LogP contribution in [0.2, 0.25) is 0 Å². The minimum Gasteiger partial charge on any atom is -0.481 e. The highest BCUT2D eigenvalue weighted by Gasteiger charge is 2.33. The summed E-state index contributed by atoms with van der Waals surface area (Å²) in [6, 6.07) is 10.1. The molecule has 4 nitrogen and oxygen atoms in total. The highest BCUT2D eigenvalue weighted by atomic mass is 16.5. The molecule has 1 aromatic carbocycles. The number of carbonyl (C=O) groups is 1. The quantitative estimate of drug-likeness (QED) is 0.858. The van der Waals surface area contributed by atoms with Crippen LogP contribution in [0.5, 0.6) is 5.75 Å². The Labute approximate surface area is 143 Å². The van der Waals surface area contributed by atoms with Crippen molar-refractivity contribution in [3.8, 4) is 5.75 Å². The summed E-state index contributed by atoms with van der Waals surface area (Å²) in [5, 5.41) is 0. The van der Waals surface area contributed by atoms with E-state index in [-0.39, 0.29) is 11.9 Å². The van der Waals surface area contributed by atoms with Gasteiger partial charge in [-0.05, 0) is 68.5 Å². The van der Waals surface area contributed by atoms with Gasteiger partial charge in [-0.1, -0.05) is 12.1 Å². The van der Waals surface area contributed by atoms with E-state index in [1.54, 1.807) is 12.4 Å². The van der Waals surface area contributed by atoms with Crippen molar-refractivity contribution < 1.29 is 9.53 Å².